The van der Waals surface area contributed by atoms with Gasteiger partial charge in [-0.3, -0.25) is 0 Å². The van der Waals surface area contributed by atoms with Crippen LogP contribution in [0.3, 0.4) is 0 Å². The summed E-state index contributed by atoms with van der Waals surface area (Å²) in [6.45, 7) is 4.90. The molecule has 2 saturated carbocycles. The van der Waals surface area contributed by atoms with E-state index in [1.807, 2.05) is 5.57 Å². The van der Waals surface area contributed by atoms with Crippen molar-refractivity contribution in [2.24, 2.45) is 29.6 Å². The molecule has 5 unspecified atom stereocenters. The lowest BCUT2D eigenvalue weighted by Gasteiger charge is -2.16. The van der Waals surface area contributed by atoms with Gasteiger partial charge in [-0.05, 0) is 42.4 Å². The summed E-state index contributed by atoms with van der Waals surface area (Å²) < 4.78 is 0. The summed E-state index contributed by atoms with van der Waals surface area (Å²) in [4.78, 5) is 0. The Morgan fingerprint density at radius 1 is 1.27 bits per heavy atom. The zero-order chi connectivity index (χ0) is 7.59. The minimum absolute atomic E-state index is 0.962. The van der Waals surface area contributed by atoms with Gasteiger partial charge in [-0.1, -0.05) is 25.5 Å². The maximum absolute atomic E-state index is 2.59. The lowest BCUT2D eigenvalue weighted by atomic mass is 9.89. The predicted octanol–water partition coefficient (Wildman–Crippen LogP) is 2.85. The fourth-order valence-corrected chi connectivity index (χ4v) is 3.36. The first-order valence-corrected chi connectivity index (χ1v) is 4.98. The van der Waals surface area contributed by atoms with Crippen molar-refractivity contribution in [1.29, 1.82) is 0 Å². The molecule has 0 heterocycles. The Morgan fingerprint density at radius 3 is 2.91 bits per heavy atom. The van der Waals surface area contributed by atoms with Gasteiger partial charge in [-0.2, -0.15) is 0 Å². The summed E-state index contributed by atoms with van der Waals surface area (Å²) in [6, 6.07) is 0. The van der Waals surface area contributed by atoms with Gasteiger partial charge in [0.05, 0.1) is 0 Å². The highest BCUT2D eigenvalue weighted by Gasteiger charge is 2.51. The third-order valence-electron chi connectivity index (χ3n) is 4.44. The Balaban J connectivity index is 2.01. The van der Waals surface area contributed by atoms with Crippen molar-refractivity contribution >= 4 is 0 Å². The number of fused-ring (bicyclic) bond motifs is 4. The minimum atomic E-state index is 0.962. The second kappa shape index (κ2) is 1.73. The minimum Gasteiger partial charge on any atom is -0.0816 e. The van der Waals surface area contributed by atoms with Gasteiger partial charge >= 0.3 is 0 Å². The van der Waals surface area contributed by atoms with Gasteiger partial charge in [-0.15, -0.1) is 0 Å². The van der Waals surface area contributed by atoms with E-state index < -0.39 is 0 Å². The van der Waals surface area contributed by atoms with Crippen LogP contribution < -0.4 is 0 Å². The zero-order valence-corrected chi connectivity index (χ0v) is 7.38. The van der Waals surface area contributed by atoms with Gasteiger partial charge in [0, 0.05) is 0 Å². The molecule has 0 amide bonds. The van der Waals surface area contributed by atoms with E-state index in [0.29, 0.717) is 0 Å². The van der Waals surface area contributed by atoms with Crippen LogP contribution in [-0.2, 0) is 0 Å². The van der Waals surface area contributed by atoms with Crippen molar-refractivity contribution in [2.45, 2.75) is 26.7 Å². The first-order valence-electron chi connectivity index (χ1n) is 4.98. The van der Waals surface area contributed by atoms with Crippen LogP contribution in [0, 0.1) is 29.6 Å². The number of rotatable bonds is 0. The molecular weight excluding hydrogens is 132 g/mol. The molecule has 3 aliphatic rings. The van der Waals surface area contributed by atoms with Crippen LogP contribution in [0.25, 0.3) is 0 Å². The van der Waals surface area contributed by atoms with Crippen molar-refractivity contribution in [3.05, 3.63) is 11.6 Å². The van der Waals surface area contributed by atoms with Crippen LogP contribution in [0.15, 0.2) is 11.6 Å². The van der Waals surface area contributed by atoms with Crippen molar-refractivity contribution < 1.29 is 0 Å². The molecule has 11 heavy (non-hydrogen) atoms. The monoisotopic (exact) mass is 148 g/mol. The second-order valence-corrected chi connectivity index (χ2v) is 4.83. The first kappa shape index (κ1) is 6.28. The highest BCUT2D eigenvalue weighted by Crippen LogP contribution is 2.60. The van der Waals surface area contributed by atoms with Gasteiger partial charge in [0.25, 0.3) is 0 Å². The average molecular weight is 148 g/mol. The van der Waals surface area contributed by atoms with Gasteiger partial charge < -0.3 is 0 Å². The maximum Gasteiger partial charge on any atom is -0.0134 e. The third-order valence-corrected chi connectivity index (χ3v) is 4.44. The Kier molecular flexibility index (Phi) is 0.987. The molecule has 5 atom stereocenters. The Labute approximate surface area is 68.7 Å². The van der Waals surface area contributed by atoms with E-state index in [2.05, 4.69) is 19.9 Å². The molecule has 0 aromatic heterocycles. The normalized spacial score (nSPS) is 58.7. The fraction of sp³-hybridized carbons (Fsp3) is 0.818. The van der Waals surface area contributed by atoms with Crippen molar-refractivity contribution in [2.75, 3.05) is 0 Å². The summed E-state index contributed by atoms with van der Waals surface area (Å²) in [7, 11) is 0. The van der Waals surface area contributed by atoms with Crippen LogP contribution in [0.5, 0.6) is 0 Å². The molecule has 0 nitrogen and oxygen atoms in total. The molecule has 0 N–H and O–H groups in total. The molecule has 0 saturated heterocycles. The van der Waals surface area contributed by atoms with E-state index >= 15 is 0 Å². The highest BCUT2D eigenvalue weighted by atomic mass is 14.6. The molecule has 60 valence electrons. The van der Waals surface area contributed by atoms with E-state index in [-0.39, 0.29) is 0 Å². The largest absolute Gasteiger partial charge is 0.0816 e. The van der Waals surface area contributed by atoms with Crippen molar-refractivity contribution in [1.82, 2.24) is 0 Å². The van der Waals surface area contributed by atoms with Gasteiger partial charge in [0.2, 0.25) is 0 Å². The lowest BCUT2D eigenvalue weighted by molar-refractivity contribution is 0.330. The molecule has 2 bridgehead atoms. The van der Waals surface area contributed by atoms with E-state index in [4.69, 9.17) is 0 Å². The molecule has 3 aliphatic carbocycles. The van der Waals surface area contributed by atoms with E-state index in [1.54, 1.807) is 0 Å². The molecule has 0 aromatic carbocycles. The molecule has 2 fully saturated rings. The van der Waals surface area contributed by atoms with Crippen LogP contribution >= 0.6 is 0 Å². The summed E-state index contributed by atoms with van der Waals surface area (Å²) >= 11 is 0. The number of hydrogen-bond donors (Lipinski definition) is 0. The summed E-state index contributed by atoms with van der Waals surface area (Å²) in [5, 5.41) is 0. The van der Waals surface area contributed by atoms with E-state index in [1.165, 1.54) is 12.8 Å². The zero-order valence-electron chi connectivity index (χ0n) is 7.38. The molecule has 0 aliphatic heterocycles. The molecule has 0 heteroatoms. The first-order chi connectivity index (χ1) is 5.27. The molecule has 3 rings (SSSR count). The average Bonchev–Trinajstić information content (AvgIpc) is 2.73. The lowest BCUT2D eigenvalue weighted by Crippen LogP contribution is -2.10. The molecular formula is C11H16. The van der Waals surface area contributed by atoms with E-state index in [9.17, 15) is 0 Å². The van der Waals surface area contributed by atoms with Crippen LogP contribution in [0.4, 0.5) is 0 Å². The Hall–Kier alpha value is -0.260. The number of hydrogen-bond acceptors (Lipinski definition) is 0. The summed E-state index contributed by atoms with van der Waals surface area (Å²) in [5.74, 6) is 5.06. The highest BCUT2D eigenvalue weighted by molar-refractivity contribution is 5.31. The van der Waals surface area contributed by atoms with Crippen LogP contribution in [-0.4, -0.2) is 0 Å². The maximum atomic E-state index is 2.59. The fourth-order valence-electron chi connectivity index (χ4n) is 3.36. The molecule has 0 radical (unpaired) electrons. The van der Waals surface area contributed by atoms with Gasteiger partial charge in [0.1, 0.15) is 0 Å². The molecule has 0 spiro atoms. The summed E-state index contributed by atoms with van der Waals surface area (Å²) in [5.41, 5.74) is 1.81. The third kappa shape index (κ3) is 0.660. The van der Waals surface area contributed by atoms with Crippen LogP contribution in [0.2, 0.25) is 0 Å². The second-order valence-electron chi connectivity index (χ2n) is 4.83. The standard InChI is InChI=1S/C11H16/c1-6-7(2)10-4-8(6)3-9-5-11(9)10/h3,6-8,10-11H,4-5H2,1-2H3. The van der Waals surface area contributed by atoms with Crippen molar-refractivity contribution in [3.63, 3.8) is 0 Å². The Bertz CT molecular complexity index is 226. The molecule has 0 aromatic rings. The van der Waals surface area contributed by atoms with Gasteiger partial charge in [-0.25, -0.2) is 0 Å². The summed E-state index contributed by atoms with van der Waals surface area (Å²) in [6.07, 6.45) is 5.56. The van der Waals surface area contributed by atoms with Crippen molar-refractivity contribution in [3.8, 4) is 0 Å². The Morgan fingerprint density at radius 2 is 2.09 bits per heavy atom. The SMILES string of the molecule is CC1C2C=C3CC3C(C2)C1C. The van der Waals surface area contributed by atoms with Gasteiger partial charge in [0.15, 0.2) is 0 Å². The topological polar surface area (TPSA) is 0 Å². The van der Waals surface area contributed by atoms with Crippen LogP contribution in [0.1, 0.15) is 26.7 Å². The predicted molar refractivity (Wildman–Crippen MR) is 46.1 cm³/mol. The van der Waals surface area contributed by atoms with E-state index in [0.717, 1.165) is 29.6 Å². The smallest absolute Gasteiger partial charge is 0.0134 e. The quantitative estimate of drug-likeness (QED) is 0.463. The number of allylic oxidation sites excluding steroid dienone is 2.